The third kappa shape index (κ3) is 4.63. The molecule has 0 aromatic heterocycles. The molecule has 0 bridgehead atoms. The van der Waals surface area contributed by atoms with Crippen LogP contribution in [0.15, 0.2) is 0 Å². The number of carbonyl (C=O) groups excluding carboxylic acids is 1. The summed E-state index contributed by atoms with van der Waals surface area (Å²) in [4.78, 5) is 23.4. The lowest BCUT2D eigenvalue weighted by atomic mass is 9.84. The molecule has 2 N–H and O–H groups in total. The zero-order valence-corrected chi connectivity index (χ0v) is 10.6. The number of urea groups is 1. The Balaban J connectivity index is 2.36. The fourth-order valence-electron chi connectivity index (χ4n) is 2.33. The quantitative estimate of drug-likeness (QED) is 0.788. The van der Waals surface area contributed by atoms with Crippen LogP contribution in [0.1, 0.15) is 39.0 Å². The summed E-state index contributed by atoms with van der Waals surface area (Å²) in [5.74, 6) is -0.459. The van der Waals surface area contributed by atoms with Crippen LogP contribution in [0.5, 0.6) is 0 Å². The summed E-state index contributed by atoms with van der Waals surface area (Å²) in [6.07, 6.45) is 6.07. The molecular formula is C12H22N2O3. The molecule has 1 fully saturated rings. The van der Waals surface area contributed by atoms with Crippen LogP contribution in [-0.4, -0.2) is 41.6 Å². The lowest BCUT2D eigenvalue weighted by Gasteiger charge is -2.29. The van der Waals surface area contributed by atoms with Gasteiger partial charge in [-0.2, -0.15) is 0 Å². The minimum absolute atomic E-state index is 0.124. The molecule has 1 atom stereocenters. The third-order valence-electron chi connectivity index (χ3n) is 3.43. The summed E-state index contributed by atoms with van der Waals surface area (Å²) in [5, 5.41) is 11.5. The largest absolute Gasteiger partial charge is 0.480 e. The van der Waals surface area contributed by atoms with Crippen molar-refractivity contribution in [2.75, 3.05) is 13.6 Å². The number of nitrogens with one attached hydrogen (secondary N) is 1. The van der Waals surface area contributed by atoms with Crippen molar-refractivity contribution in [3.63, 3.8) is 0 Å². The van der Waals surface area contributed by atoms with E-state index in [2.05, 4.69) is 5.32 Å². The van der Waals surface area contributed by atoms with Gasteiger partial charge in [-0.3, -0.25) is 4.79 Å². The Bertz CT molecular complexity index is 275. The molecule has 0 radical (unpaired) electrons. The van der Waals surface area contributed by atoms with Gasteiger partial charge in [0, 0.05) is 13.1 Å². The maximum Gasteiger partial charge on any atom is 0.323 e. The van der Waals surface area contributed by atoms with Gasteiger partial charge < -0.3 is 15.3 Å². The number of carboxylic acid groups (broad SMARTS) is 1. The van der Waals surface area contributed by atoms with Gasteiger partial charge >= 0.3 is 12.0 Å². The van der Waals surface area contributed by atoms with E-state index in [9.17, 15) is 9.59 Å². The first-order valence-electron chi connectivity index (χ1n) is 6.24. The van der Waals surface area contributed by atoms with E-state index in [1.165, 1.54) is 31.2 Å². The first-order chi connectivity index (χ1) is 8.00. The Kier molecular flexibility index (Phi) is 5.25. The molecule has 0 aromatic rings. The van der Waals surface area contributed by atoms with E-state index in [0.29, 0.717) is 5.92 Å². The van der Waals surface area contributed by atoms with Gasteiger partial charge in [0.25, 0.3) is 0 Å². The van der Waals surface area contributed by atoms with Crippen LogP contribution >= 0.6 is 0 Å². The van der Waals surface area contributed by atoms with Gasteiger partial charge in [0.1, 0.15) is 6.54 Å². The Morgan fingerprint density at radius 2 is 1.94 bits per heavy atom. The number of carboxylic acids is 1. The third-order valence-corrected chi connectivity index (χ3v) is 3.43. The molecule has 0 aliphatic heterocycles. The van der Waals surface area contributed by atoms with Crippen LogP contribution in [-0.2, 0) is 4.79 Å². The van der Waals surface area contributed by atoms with Crippen LogP contribution < -0.4 is 5.32 Å². The van der Waals surface area contributed by atoms with Gasteiger partial charge in [0.2, 0.25) is 0 Å². The maximum absolute atomic E-state index is 11.7. The molecule has 0 saturated heterocycles. The molecular weight excluding hydrogens is 220 g/mol. The molecule has 1 unspecified atom stereocenters. The fourth-order valence-corrected chi connectivity index (χ4v) is 2.33. The van der Waals surface area contributed by atoms with E-state index in [1.54, 1.807) is 0 Å². The van der Waals surface area contributed by atoms with Gasteiger partial charge in [0.15, 0.2) is 0 Å². The van der Waals surface area contributed by atoms with Gasteiger partial charge in [0.05, 0.1) is 0 Å². The van der Waals surface area contributed by atoms with E-state index in [0.717, 1.165) is 12.8 Å². The van der Waals surface area contributed by atoms with E-state index in [1.807, 2.05) is 6.92 Å². The minimum atomic E-state index is -0.993. The van der Waals surface area contributed by atoms with Crippen molar-refractivity contribution in [3.8, 4) is 0 Å². The molecule has 5 heteroatoms. The number of nitrogens with zero attached hydrogens (tertiary/aromatic N) is 1. The van der Waals surface area contributed by atoms with Crippen molar-refractivity contribution in [1.29, 1.82) is 0 Å². The molecule has 2 amide bonds. The standard InChI is InChI=1S/C12H22N2O3/c1-9(10-6-4-3-5-7-10)13-12(17)14(2)8-11(15)16/h9-10H,3-8H2,1-2H3,(H,13,17)(H,15,16). The molecule has 17 heavy (non-hydrogen) atoms. The molecule has 5 nitrogen and oxygen atoms in total. The monoisotopic (exact) mass is 242 g/mol. The normalized spacial score (nSPS) is 18.5. The lowest BCUT2D eigenvalue weighted by molar-refractivity contribution is -0.137. The number of hydrogen-bond donors (Lipinski definition) is 2. The first kappa shape index (κ1) is 13.8. The van der Waals surface area contributed by atoms with E-state index < -0.39 is 5.97 Å². The van der Waals surface area contributed by atoms with E-state index in [4.69, 9.17) is 5.11 Å². The summed E-state index contributed by atoms with van der Waals surface area (Å²) in [6, 6.07) is -0.176. The zero-order valence-electron chi connectivity index (χ0n) is 10.6. The van der Waals surface area contributed by atoms with Crippen LogP contribution in [0.2, 0.25) is 0 Å². The number of aliphatic carboxylic acids is 1. The van der Waals surface area contributed by atoms with E-state index >= 15 is 0 Å². The molecule has 0 heterocycles. The number of hydrogen-bond acceptors (Lipinski definition) is 2. The zero-order chi connectivity index (χ0) is 12.8. The molecule has 0 aromatic carbocycles. The summed E-state index contributed by atoms with van der Waals surface area (Å²) in [6.45, 7) is 1.74. The van der Waals surface area contributed by atoms with Crippen molar-refractivity contribution >= 4 is 12.0 Å². The van der Waals surface area contributed by atoms with Crippen LogP contribution in [0.3, 0.4) is 0 Å². The number of likely N-dealkylation sites (N-methyl/N-ethyl adjacent to an activating group) is 1. The van der Waals surface area contributed by atoms with Gasteiger partial charge in [-0.25, -0.2) is 4.79 Å². The lowest BCUT2D eigenvalue weighted by Crippen LogP contribution is -2.46. The van der Waals surface area contributed by atoms with Crippen molar-refractivity contribution in [1.82, 2.24) is 10.2 Å². The summed E-state index contributed by atoms with van der Waals surface area (Å²) in [5.41, 5.74) is 0. The van der Waals surface area contributed by atoms with Gasteiger partial charge in [-0.1, -0.05) is 19.3 Å². The smallest absolute Gasteiger partial charge is 0.323 e. The molecule has 0 spiro atoms. The van der Waals surface area contributed by atoms with Gasteiger partial charge in [-0.15, -0.1) is 0 Å². The van der Waals surface area contributed by atoms with Crippen molar-refractivity contribution in [2.24, 2.45) is 5.92 Å². The molecule has 1 rings (SSSR count). The molecule has 98 valence electrons. The SMILES string of the molecule is CC(NC(=O)N(C)CC(=O)O)C1CCCCC1. The van der Waals surface area contributed by atoms with Crippen LogP contribution in [0, 0.1) is 5.92 Å². The highest BCUT2D eigenvalue weighted by molar-refractivity contribution is 5.79. The highest BCUT2D eigenvalue weighted by Crippen LogP contribution is 2.26. The highest BCUT2D eigenvalue weighted by atomic mass is 16.4. The average molecular weight is 242 g/mol. The fraction of sp³-hybridized carbons (Fsp3) is 0.833. The summed E-state index contributed by atoms with van der Waals surface area (Å²) >= 11 is 0. The number of amides is 2. The first-order valence-corrected chi connectivity index (χ1v) is 6.24. The Hall–Kier alpha value is -1.26. The topological polar surface area (TPSA) is 69.6 Å². The number of carbonyl (C=O) groups is 2. The number of rotatable bonds is 4. The molecule has 1 aliphatic rings. The highest BCUT2D eigenvalue weighted by Gasteiger charge is 2.22. The Morgan fingerprint density at radius 3 is 2.47 bits per heavy atom. The average Bonchev–Trinajstić information content (AvgIpc) is 2.29. The molecule has 1 aliphatic carbocycles. The molecule has 1 saturated carbocycles. The predicted molar refractivity (Wildman–Crippen MR) is 64.8 cm³/mol. The maximum atomic E-state index is 11.7. The van der Waals surface area contributed by atoms with Crippen molar-refractivity contribution < 1.29 is 14.7 Å². The summed E-state index contributed by atoms with van der Waals surface area (Å²) < 4.78 is 0. The van der Waals surface area contributed by atoms with Crippen molar-refractivity contribution in [3.05, 3.63) is 0 Å². The van der Waals surface area contributed by atoms with Crippen LogP contribution in [0.25, 0.3) is 0 Å². The summed E-state index contributed by atoms with van der Waals surface area (Å²) in [7, 11) is 1.50. The predicted octanol–water partition coefficient (Wildman–Crippen LogP) is 1.68. The Morgan fingerprint density at radius 1 is 1.35 bits per heavy atom. The Labute approximate surface area is 102 Å². The second-order valence-corrected chi connectivity index (χ2v) is 4.89. The minimum Gasteiger partial charge on any atom is -0.480 e. The van der Waals surface area contributed by atoms with Gasteiger partial charge in [-0.05, 0) is 25.7 Å². The second kappa shape index (κ2) is 6.47. The van der Waals surface area contributed by atoms with Crippen molar-refractivity contribution in [2.45, 2.75) is 45.1 Å². The van der Waals surface area contributed by atoms with Crippen LogP contribution in [0.4, 0.5) is 4.79 Å². The second-order valence-electron chi connectivity index (χ2n) is 4.89. The van der Waals surface area contributed by atoms with E-state index in [-0.39, 0.29) is 18.6 Å².